The molecule has 0 unspecified atom stereocenters. The molecule has 0 spiro atoms. The Kier molecular flexibility index (Phi) is 5.53. The number of nitrogens with zero attached hydrogens (tertiary/aromatic N) is 2. The summed E-state index contributed by atoms with van der Waals surface area (Å²) in [5, 5.41) is 12.4. The van der Waals surface area contributed by atoms with Crippen LogP contribution < -0.4 is 5.32 Å². The standard InChI is InChI=1S/C27H28N4/c1-19(29-24-10-6-3-7-11-24)27-25-16-22(12-13-26(25)30-31-27)23-15-21(17-28-18-23)14-20-8-4-2-5-9-20/h2,4-5,8-9,12-13,15-18,24,29H,1,3,6-7,10-11,14H2,(H,30,31). The molecule has 0 amide bonds. The maximum atomic E-state index is 4.57. The van der Waals surface area contributed by atoms with Crippen LogP contribution in [-0.4, -0.2) is 21.2 Å². The average Bonchev–Trinajstić information content (AvgIpc) is 3.24. The lowest BCUT2D eigenvalue weighted by molar-refractivity contribution is 0.409. The van der Waals surface area contributed by atoms with E-state index in [1.54, 1.807) is 0 Å². The Bertz CT molecular complexity index is 1190. The van der Waals surface area contributed by atoms with Crippen molar-refractivity contribution in [3.8, 4) is 11.1 Å². The third-order valence-electron chi connectivity index (χ3n) is 6.21. The number of nitrogens with one attached hydrogen (secondary N) is 2. The van der Waals surface area contributed by atoms with Crippen molar-refractivity contribution >= 4 is 16.6 Å². The zero-order valence-electron chi connectivity index (χ0n) is 17.8. The first-order chi connectivity index (χ1) is 15.3. The highest BCUT2D eigenvalue weighted by Gasteiger charge is 2.17. The molecule has 4 nitrogen and oxygen atoms in total. The fraction of sp³-hybridized carbons (Fsp3) is 0.259. The summed E-state index contributed by atoms with van der Waals surface area (Å²) in [6.07, 6.45) is 11.1. The fourth-order valence-electron chi connectivity index (χ4n) is 4.56. The molecule has 5 rings (SSSR count). The number of hydrogen-bond acceptors (Lipinski definition) is 3. The van der Waals surface area contributed by atoms with Crippen molar-refractivity contribution in [3.63, 3.8) is 0 Å². The summed E-state index contributed by atoms with van der Waals surface area (Å²) in [5.74, 6) is 0. The van der Waals surface area contributed by atoms with Crippen molar-refractivity contribution in [2.75, 3.05) is 0 Å². The summed E-state index contributed by atoms with van der Waals surface area (Å²) in [6.45, 7) is 4.30. The zero-order valence-corrected chi connectivity index (χ0v) is 17.8. The van der Waals surface area contributed by atoms with E-state index in [1.807, 2.05) is 18.5 Å². The number of aromatic nitrogens is 3. The normalized spacial score (nSPS) is 14.6. The topological polar surface area (TPSA) is 53.6 Å². The van der Waals surface area contributed by atoms with Crippen LogP contribution in [0.3, 0.4) is 0 Å². The van der Waals surface area contributed by atoms with Crippen molar-refractivity contribution in [3.05, 3.63) is 90.4 Å². The molecule has 0 aliphatic heterocycles. The van der Waals surface area contributed by atoms with Crippen LogP contribution in [-0.2, 0) is 6.42 Å². The lowest BCUT2D eigenvalue weighted by Gasteiger charge is -2.24. The van der Waals surface area contributed by atoms with Crippen LogP contribution >= 0.6 is 0 Å². The van der Waals surface area contributed by atoms with Crippen LogP contribution in [0.1, 0.15) is 48.9 Å². The molecular weight excluding hydrogens is 380 g/mol. The Morgan fingerprint density at radius 3 is 2.61 bits per heavy atom. The lowest BCUT2D eigenvalue weighted by Crippen LogP contribution is -2.29. The van der Waals surface area contributed by atoms with Gasteiger partial charge in [-0.15, -0.1) is 0 Å². The highest BCUT2D eigenvalue weighted by molar-refractivity contribution is 5.92. The smallest absolute Gasteiger partial charge is 0.115 e. The van der Waals surface area contributed by atoms with Crippen LogP contribution in [0.4, 0.5) is 0 Å². The Hall–Kier alpha value is -3.40. The minimum absolute atomic E-state index is 0.509. The second-order valence-corrected chi connectivity index (χ2v) is 8.53. The molecule has 1 aliphatic carbocycles. The third kappa shape index (κ3) is 4.38. The van der Waals surface area contributed by atoms with Crippen molar-refractivity contribution in [2.45, 2.75) is 44.6 Å². The minimum atomic E-state index is 0.509. The molecule has 2 aromatic carbocycles. The predicted octanol–water partition coefficient (Wildman–Crippen LogP) is 6.11. The van der Waals surface area contributed by atoms with E-state index in [1.165, 1.54) is 43.2 Å². The van der Waals surface area contributed by atoms with E-state index in [4.69, 9.17) is 0 Å². The van der Waals surface area contributed by atoms with Crippen molar-refractivity contribution < 1.29 is 0 Å². The first kappa shape index (κ1) is 19.6. The number of hydrogen-bond donors (Lipinski definition) is 2. The van der Waals surface area contributed by atoms with Gasteiger partial charge < -0.3 is 5.32 Å². The average molecular weight is 409 g/mol. The van der Waals surface area contributed by atoms with Gasteiger partial charge in [0.05, 0.1) is 11.2 Å². The van der Waals surface area contributed by atoms with Gasteiger partial charge in [0.1, 0.15) is 5.69 Å². The highest BCUT2D eigenvalue weighted by Crippen LogP contribution is 2.29. The minimum Gasteiger partial charge on any atom is -0.381 e. The molecule has 4 aromatic rings. The first-order valence-electron chi connectivity index (χ1n) is 11.2. The molecule has 2 N–H and O–H groups in total. The van der Waals surface area contributed by atoms with Gasteiger partial charge in [-0.3, -0.25) is 10.1 Å². The van der Waals surface area contributed by atoms with Gasteiger partial charge in [0.2, 0.25) is 0 Å². The largest absolute Gasteiger partial charge is 0.381 e. The molecule has 0 saturated heterocycles. The van der Waals surface area contributed by atoms with Crippen molar-refractivity contribution in [1.82, 2.24) is 20.5 Å². The Balaban J connectivity index is 1.41. The summed E-state index contributed by atoms with van der Waals surface area (Å²) < 4.78 is 0. The lowest BCUT2D eigenvalue weighted by atomic mass is 9.95. The molecule has 31 heavy (non-hydrogen) atoms. The number of H-pyrrole nitrogens is 1. The summed E-state index contributed by atoms with van der Waals surface area (Å²) in [7, 11) is 0. The van der Waals surface area contributed by atoms with Crippen molar-refractivity contribution in [2.24, 2.45) is 0 Å². The van der Waals surface area contributed by atoms with E-state index in [0.717, 1.165) is 39.8 Å². The number of fused-ring (bicyclic) bond motifs is 1. The van der Waals surface area contributed by atoms with Gasteiger partial charge in [-0.2, -0.15) is 5.10 Å². The van der Waals surface area contributed by atoms with Crippen LogP contribution in [0.2, 0.25) is 0 Å². The predicted molar refractivity (Wildman–Crippen MR) is 128 cm³/mol. The Labute approximate surface area is 183 Å². The molecule has 4 heteroatoms. The molecule has 1 saturated carbocycles. The van der Waals surface area contributed by atoms with Gasteiger partial charge in [-0.25, -0.2) is 0 Å². The second-order valence-electron chi connectivity index (χ2n) is 8.53. The quantitative estimate of drug-likeness (QED) is 0.405. The maximum Gasteiger partial charge on any atom is 0.115 e. The second kappa shape index (κ2) is 8.76. The summed E-state index contributed by atoms with van der Waals surface area (Å²) in [6, 6.07) is 19.7. The van der Waals surface area contributed by atoms with Crippen molar-refractivity contribution in [1.29, 1.82) is 0 Å². The Morgan fingerprint density at radius 1 is 0.935 bits per heavy atom. The molecule has 1 aliphatic rings. The van der Waals surface area contributed by atoms with E-state index in [2.05, 4.69) is 75.6 Å². The van der Waals surface area contributed by atoms with Gasteiger partial charge in [0, 0.05) is 29.4 Å². The SMILES string of the molecule is C=C(NC1CCCCC1)c1n[nH]c2ccc(-c3cncc(Cc4ccccc4)c3)cc12. The summed E-state index contributed by atoms with van der Waals surface area (Å²) in [4.78, 5) is 4.51. The summed E-state index contributed by atoms with van der Waals surface area (Å²) >= 11 is 0. The molecule has 156 valence electrons. The molecule has 2 aromatic heterocycles. The van der Waals surface area contributed by atoms with Crippen LogP contribution in [0.5, 0.6) is 0 Å². The number of aromatic amines is 1. The fourth-order valence-corrected chi connectivity index (χ4v) is 4.56. The number of rotatable bonds is 6. The third-order valence-corrected chi connectivity index (χ3v) is 6.21. The van der Waals surface area contributed by atoms with Gasteiger partial charge in [-0.05, 0) is 54.2 Å². The molecule has 2 heterocycles. The Morgan fingerprint density at radius 2 is 1.77 bits per heavy atom. The monoisotopic (exact) mass is 408 g/mol. The zero-order chi connectivity index (χ0) is 21.0. The van der Waals surface area contributed by atoms with E-state index in [0.29, 0.717) is 6.04 Å². The molecule has 0 radical (unpaired) electrons. The first-order valence-corrected chi connectivity index (χ1v) is 11.2. The van der Waals surface area contributed by atoms with E-state index >= 15 is 0 Å². The van der Waals surface area contributed by atoms with E-state index in [9.17, 15) is 0 Å². The van der Waals surface area contributed by atoms with Gasteiger partial charge in [-0.1, -0.05) is 62.2 Å². The maximum absolute atomic E-state index is 4.57. The number of pyridine rings is 1. The number of benzene rings is 2. The molecular formula is C27H28N4. The van der Waals surface area contributed by atoms with E-state index in [-0.39, 0.29) is 0 Å². The highest BCUT2D eigenvalue weighted by atomic mass is 15.1. The van der Waals surface area contributed by atoms with Crippen LogP contribution in [0, 0.1) is 0 Å². The van der Waals surface area contributed by atoms with Crippen LogP contribution in [0.15, 0.2) is 73.6 Å². The molecule has 1 fully saturated rings. The molecule has 0 atom stereocenters. The van der Waals surface area contributed by atoms with Crippen LogP contribution in [0.25, 0.3) is 27.7 Å². The summed E-state index contributed by atoms with van der Waals surface area (Å²) in [5.41, 5.74) is 7.61. The van der Waals surface area contributed by atoms with Gasteiger partial charge in [0.25, 0.3) is 0 Å². The van der Waals surface area contributed by atoms with Gasteiger partial charge >= 0.3 is 0 Å². The van der Waals surface area contributed by atoms with E-state index < -0.39 is 0 Å². The molecule has 0 bridgehead atoms. The van der Waals surface area contributed by atoms with Gasteiger partial charge in [0.15, 0.2) is 0 Å².